The average molecular weight is 199 g/mol. The molecule has 1 aromatic rings. The third-order valence-corrected chi connectivity index (χ3v) is 2.01. The van der Waals surface area contributed by atoms with Crippen molar-refractivity contribution in [2.75, 3.05) is 13.7 Å². The highest BCUT2D eigenvalue weighted by Crippen LogP contribution is 2.15. The number of hydrogen-bond acceptors (Lipinski definition) is 2. The van der Waals surface area contributed by atoms with Gasteiger partial charge in [0.25, 0.3) is 0 Å². The third kappa shape index (κ3) is 2.54. The van der Waals surface area contributed by atoms with Crippen LogP contribution < -0.4 is 0 Å². The summed E-state index contributed by atoms with van der Waals surface area (Å²) in [5.41, 5.74) is 1.56. The van der Waals surface area contributed by atoms with E-state index >= 15 is 0 Å². The van der Waals surface area contributed by atoms with E-state index in [1.54, 1.807) is 12.1 Å². The molecule has 0 saturated heterocycles. The van der Waals surface area contributed by atoms with Gasteiger partial charge in [0, 0.05) is 17.7 Å². The van der Waals surface area contributed by atoms with E-state index < -0.39 is 0 Å². The van der Waals surface area contributed by atoms with Gasteiger partial charge in [-0.05, 0) is 24.6 Å². The Morgan fingerprint density at radius 3 is 2.85 bits per heavy atom. The second kappa shape index (κ2) is 4.40. The molecule has 1 aromatic carbocycles. The van der Waals surface area contributed by atoms with E-state index in [9.17, 15) is 4.79 Å². The fourth-order valence-electron chi connectivity index (χ4n) is 1.10. The smallest absolute Gasteiger partial charge is 0.188 e. The van der Waals surface area contributed by atoms with Gasteiger partial charge in [0.2, 0.25) is 0 Å². The Labute approximate surface area is 82.5 Å². The van der Waals surface area contributed by atoms with E-state index in [1.165, 1.54) is 7.11 Å². The first-order valence-corrected chi connectivity index (χ1v) is 4.31. The predicted octanol–water partition coefficient (Wildman–Crippen LogP) is 2.48. The van der Waals surface area contributed by atoms with Crippen LogP contribution in [0.4, 0.5) is 0 Å². The minimum atomic E-state index is -0.0394. The van der Waals surface area contributed by atoms with Gasteiger partial charge in [0.05, 0.1) is 0 Å². The molecule has 0 radical (unpaired) electrons. The van der Waals surface area contributed by atoms with Gasteiger partial charge < -0.3 is 4.74 Å². The fourth-order valence-corrected chi connectivity index (χ4v) is 1.28. The predicted molar refractivity (Wildman–Crippen MR) is 52.4 cm³/mol. The molecule has 0 unspecified atom stereocenters. The van der Waals surface area contributed by atoms with E-state index in [4.69, 9.17) is 16.3 Å². The molecule has 3 heteroatoms. The quantitative estimate of drug-likeness (QED) is 0.698. The monoisotopic (exact) mass is 198 g/mol. The topological polar surface area (TPSA) is 26.3 Å². The maximum absolute atomic E-state index is 11.4. The second-order valence-electron chi connectivity index (χ2n) is 2.82. The summed E-state index contributed by atoms with van der Waals surface area (Å²) in [5, 5.41) is 0.574. The Kier molecular flexibility index (Phi) is 3.46. The Balaban J connectivity index is 2.99. The summed E-state index contributed by atoms with van der Waals surface area (Å²) in [5.74, 6) is -0.0394. The molecular weight excluding hydrogens is 188 g/mol. The normalized spacial score (nSPS) is 10.1. The average Bonchev–Trinajstić information content (AvgIpc) is 2.09. The lowest BCUT2D eigenvalue weighted by atomic mass is 10.1. The summed E-state index contributed by atoms with van der Waals surface area (Å²) in [4.78, 5) is 11.4. The number of ketones is 1. The van der Waals surface area contributed by atoms with Crippen LogP contribution in [0.5, 0.6) is 0 Å². The zero-order valence-electron chi connectivity index (χ0n) is 7.63. The Hall–Kier alpha value is -0.860. The molecule has 0 N–H and O–H groups in total. The fraction of sp³-hybridized carbons (Fsp3) is 0.300. The highest BCUT2D eigenvalue weighted by Gasteiger charge is 2.08. The molecule has 0 amide bonds. The first-order chi connectivity index (χ1) is 6.15. The molecule has 0 spiro atoms. The number of aryl methyl sites for hydroxylation is 1. The SMILES string of the molecule is COCC(=O)c1cc(Cl)ccc1C. The van der Waals surface area contributed by atoms with E-state index in [2.05, 4.69) is 0 Å². The number of hydrogen-bond donors (Lipinski definition) is 0. The number of carbonyl (C=O) groups is 1. The van der Waals surface area contributed by atoms with Crippen LogP contribution >= 0.6 is 11.6 Å². The third-order valence-electron chi connectivity index (χ3n) is 1.78. The van der Waals surface area contributed by atoms with Gasteiger partial charge in [-0.3, -0.25) is 4.79 Å². The minimum Gasteiger partial charge on any atom is -0.377 e. The number of carbonyl (C=O) groups excluding carboxylic acids is 1. The van der Waals surface area contributed by atoms with Crippen molar-refractivity contribution in [3.05, 3.63) is 34.3 Å². The van der Waals surface area contributed by atoms with Gasteiger partial charge in [-0.2, -0.15) is 0 Å². The number of Topliss-reactive ketones (excluding diaryl/α,β-unsaturated/α-hetero) is 1. The summed E-state index contributed by atoms with van der Waals surface area (Å²) in [7, 11) is 1.50. The number of ether oxygens (including phenoxy) is 1. The van der Waals surface area contributed by atoms with Gasteiger partial charge in [-0.25, -0.2) is 0 Å². The molecule has 0 saturated carbocycles. The number of halogens is 1. The van der Waals surface area contributed by atoms with Crippen LogP contribution in [0.2, 0.25) is 5.02 Å². The summed E-state index contributed by atoms with van der Waals surface area (Å²) < 4.78 is 4.76. The largest absolute Gasteiger partial charge is 0.377 e. The molecule has 2 nitrogen and oxygen atoms in total. The van der Waals surface area contributed by atoms with Crippen molar-refractivity contribution in [2.45, 2.75) is 6.92 Å². The van der Waals surface area contributed by atoms with Gasteiger partial charge in [-0.1, -0.05) is 17.7 Å². The minimum absolute atomic E-state index is 0.0394. The van der Waals surface area contributed by atoms with Crippen LogP contribution in [-0.4, -0.2) is 19.5 Å². The summed E-state index contributed by atoms with van der Waals surface area (Å²) in [6.07, 6.45) is 0. The molecule has 0 atom stereocenters. The lowest BCUT2D eigenvalue weighted by Crippen LogP contribution is -2.08. The van der Waals surface area contributed by atoms with Crippen LogP contribution in [0.3, 0.4) is 0 Å². The second-order valence-corrected chi connectivity index (χ2v) is 3.25. The number of methoxy groups -OCH3 is 1. The molecule has 70 valence electrons. The molecule has 0 aliphatic heterocycles. The first kappa shape index (κ1) is 10.2. The Morgan fingerprint density at radius 1 is 1.54 bits per heavy atom. The summed E-state index contributed by atoms with van der Waals surface area (Å²) >= 11 is 5.77. The molecule has 0 fully saturated rings. The number of benzene rings is 1. The van der Waals surface area contributed by atoms with Crippen molar-refractivity contribution in [1.82, 2.24) is 0 Å². The maximum atomic E-state index is 11.4. The Bertz CT molecular complexity index is 321. The van der Waals surface area contributed by atoms with Crippen LogP contribution in [0, 0.1) is 6.92 Å². The van der Waals surface area contributed by atoms with Gasteiger partial charge in [-0.15, -0.1) is 0 Å². The maximum Gasteiger partial charge on any atom is 0.188 e. The summed E-state index contributed by atoms with van der Waals surface area (Å²) in [6.45, 7) is 1.97. The van der Waals surface area contributed by atoms with E-state index in [0.717, 1.165) is 5.56 Å². The van der Waals surface area contributed by atoms with Crippen LogP contribution in [-0.2, 0) is 4.74 Å². The summed E-state index contributed by atoms with van der Waals surface area (Å²) in [6, 6.07) is 5.25. The number of rotatable bonds is 3. The molecule has 13 heavy (non-hydrogen) atoms. The van der Waals surface area contributed by atoms with Crippen molar-refractivity contribution >= 4 is 17.4 Å². The van der Waals surface area contributed by atoms with Crippen molar-refractivity contribution in [3.8, 4) is 0 Å². The first-order valence-electron chi connectivity index (χ1n) is 3.93. The zero-order valence-corrected chi connectivity index (χ0v) is 8.39. The molecular formula is C10H11ClO2. The lowest BCUT2D eigenvalue weighted by molar-refractivity contribution is 0.0847. The molecule has 0 heterocycles. The van der Waals surface area contributed by atoms with Crippen molar-refractivity contribution in [2.24, 2.45) is 0 Å². The van der Waals surface area contributed by atoms with E-state index in [-0.39, 0.29) is 12.4 Å². The van der Waals surface area contributed by atoms with Gasteiger partial charge in [0.1, 0.15) is 6.61 Å². The molecule has 0 bridgehead atoms. The van der Waals surface area contributed by atoms with Crippen LogP contribution in [0.1, 0.15) is 15.9 Å². The van der Waals surface area contributed by atoms with Crippen molar-refractivity contribution < 1.29 is 9.53 Å². The van der Waals surface area contributed by atoms with Crippen molar-refractivity contribution in [1.29, 1.82) is 0 Å². The van der Waals surface area contributed by atoms with Crippen LogP contribution in [0.15, 0.2) is 18.2 Å². The van der Waals surface area contributed by atoms with Gasteiger partial charge >= 0.3 is 0 Å². The molecule has 1 rings (SSSR count). The Morgan fingerprint density at radius 2 is 2.23 bits per heavy atom. The lowest BCUT2D eigenvalue weighted by Gasteiger charge is -2.04. The highest BCUT2D eigenvalue weighted by molar-refractivity contribution is 6.31. The highest BCUT2D eigenvalue weighted by atomic mass is 35.5. The molecule has 0 aliphatic carbocycles. The van der Waals surface area contributed by atoms with Crippen molar-refractivity contribution in [3.63, 3.8) is 0 Å². The van der Waals surface area contributed by atoms with E-state index in [1.807, 2.05) is 13.0 Å². The standard InChI is InChI=1S/C10H11ClO2/c1-7-3-4-8(11)5-9(7)10(12)6-13-2/h3-5H,6H2,1-2H3. The van der Waals surface area contributed by atoms with Crippen LogP contribution in [0.25, 0.3) is 0 Å². The van der Waals surface area contributed by atoms with E-state index in [0.29, 0.717) is 10.6 Å². The molecule has 0 aliphatic rings. The molecule has 0 aromatic heterocycles. The van der Waals surface area contributed by atoms with Gasteiger partial charge in [0.15, 0.2) is 5.78 Å². The zero-order chi connectivity index (χ0) is 9.84.